The van der Waals surface area contributed by atoms with E-state index < -0.39 is 0 Å². The first kappa shape index (κ1) is 13.6. The Morgan fingerprint density at radius 1 is 1.61 bits per heavy atom. The molecular weight excluding hydrogens is 320 g/mol. The van der Waals surface area contributed by atoms with Crippen LogP contribution in [0, 0.1) is 5.92 Å². The smallest absolute Gasteiger partial charge is 0.321 e. The average Bonchev–Trinajstić information content (AvgIpc) is 2.82. The maximum absolute atomic E-state index is 12.0. The van der Waals surface area contributed by atoms with E-state index in [2.05, 4.69) is 21.2 Å². The van der Waals surface area contributed by atoms with E-state index in [9.17, 15) is 4.79 Å². The molecule has 2 N–H and O–H groups in total. The van der Waals surface area contributed by atoms with Crippen molar-refractivity contribution < 1.29 is 9.90 Å². The van der Waals surface area contributed by atoms with Gasteiger partial charge in [0, 0.05) is 35.8 Å². The van der Waals surface area contributed by atoms with E-state index in [-0.39, 0.29) is 18.6 Å². The van der Waals surface area contributed by atoms with Crippen LogP contribution < -0.4 is 5.32 Å². The zero-order valence-corrected chi connectivity index (χ0v) is 12.0. The molecule has 4 nitrogen and oxygen atoms in total. The van der Waals surface area contributed by atoms with Gasteiger partial charge in [0.2, 0.25) is 0 Å². The summed E-state index contributed by atoms with van der Waals surface area (Å²) in [5.74, 6) is 0.202. The highest BCUT2D eigenvalue weighted by Gasteiger charge is 2.25. The van der Waals surface area contributed by atoms with Crippen molar-refractivity contribution >= 4 is 39.2 Å². The normalized spacial score (nSPS) is 19.1. The minimum Gasteiger partial charge on any atom is -0.396 e. The molecule has 1 fully saturated rings. The number of hydrogen-bond donors (Lipinski definition) is 2. The van der Waals surface area contributed by atoms with Gasteiger partial charge in [-0.15, -0.1) is 0 Å². The molecule has 1 heterocycles. The summed E-state index contributed by atoms with van der Waals surface area (Å²) in [6.07, 6.45) is 0.855. The SMILES string of the molecule is O=C(Nc1ccc(Cl)c(Br)c1)N1CCC(CO)C1. The van der Waals surface area contributed by atoms with Crippen LogP contribution >= 0.6 is 27.5 Å². The second-order valence-corrected chi connectivity index (χ2v) is 5.60. The Labute approximate surface area is 119 Å². The third-order valence-corrected chi connectivity index (χ3v) is 4.22. The first-order valence-corrected chi connectivity index (χ1v) is 6.89. The summed E-state index contributed by atoms with van der Waals surface area (Å²) in [6.45, 7) is 1.43. The van der Waals surface area contributed by atoms with E-state index in [1.807, 2.05) is 0 Å². The number of nitrogens with one attached hydrogen (secondary N) is 1. The molecule has 1 atom stereocenters. The predicted octanol–water partition coefficient (Wildman–Crippen LogP) is 2.95. The molecule has 1 aliphatic heterocycles. The summed E-state index contributed by atoms with van der Waals surface area (Å²) < 4.78 is 0.747. The number of benzene rings is 1. The van der Waals surface area contributed by atoms with Gasteiger partial charge < -0.3 is 15.3 Å². The molecule has 1 saturated heterocycles. The number of halogens is 2. The Hall–Kier alpha value is -0.780. The highest BCUT2D eigenvalue weighted by Crippen LogP contribution is 2.26. The lowest BCUT2D eigenvalue weighted by atomic mass is 10.1. The van der Waals surface area contributed by atoms with Crippen LogP contribution in [0.25, 0.3) is 0 Å². The molecule has 18 heavy (non-hydrogen) atoms. The average molecular weight is 334 g/mol. The van der Waals surface area contributed by atoms with Gasteiger partial charge in [0.25, 0.3) is 0 Å². The van der Waals surface area contributed by atoms with Gasteiger partial charge in [-0.3, -0.25) is 0 Å². The first-order valence-electron chi connectivity index (χ1n) is 5.72. The molecule has 0 spiro atoms. The molecular formula is C12H14BrClN2O2. The molecule has 2 amide bonds. The number of hydrogen-bond acceptors (Lipinski definition) is 2. The highest BCUT2D eigenvalue weighted by atomic mass is 79.9. The van der Waals surface area contributed by atoms with Gasteiger partial charge in [-0.05, 0) is 40.5 Å². The van der Waals surface area contributed by atoms with Crippen LogP contribution in [-0.4, -0.2) is 35.7 Å². The topological polar surface area (TPSA) is 52.6 Å². The fourth-order valence-electron chi connectivity index (χ4n) is 1.94. The minimum atomic E-state index is -0.139. The first-order chi connectivity index (χ1) is 8.60. The van der Waals surface area contributed by atoms with E-state index in [0.29, 0.717) is 23.8 Å². The monoisotopic (exact) mass is 332 g/mol. The number of rotatable bonds is 2. The summed E-state index contributed by atoms with van der Waals surface area (Å²) in [5.41, 5.74) is 0.698. The molecule has 1 unspecified atom stereocenters. The number of carbonyl (C=O) groups excluding carboxylic acids is 1. The number of amides is 2. The number of nitrogens with zero attached hydrogens (tertiary/aromatic N) is 1. The maximum Gasteiger partial charge on any atom is 0.321 e. The van der Waals surface area contributed by atoms with Gasteiger partial charge in [0.05, 0.1) is 5.02 Å². The quantitative estimate of drug-likeness (QED) is 0.874. The third-order valence-electron chi connectivity index (χ3n) is 3.00. The Bertz CT molecular complexity index is 456. The van der Waals surface area contributed by atoms with Crippen LogP contribution in [0.2, 0.25) is 5.02 Å². The molecule has 6 heteroatoms. The number of urea groups is 1. The van der Waals surface area contributed by atoms with Crippen LogP contribution in [0.4, 0.5) is 10.5 Å². The van der Waals surface area contributed by atoms with Crippen LogP contribution in [0.1, 0.15) is 6.42 Å². The van der Waals surface area contributed by atoms with Gasteiger partial charge in [0.1, 0.15) is 0 Å². The van der Waals surface area contributed by atoms with Crippen LogP contribution in [0.15, 0.2) is 22.7 Å². The highest BCUT2D eigenvalue weighted by molar-refractivity contribution is 9.10. The molecule has 0 radical (unpaired) electrons. The van der Waals surface area contributed by atoms with Crippen LogP contribution in [0.3, 0.4) is 0 Å². The minimum absolute atomic E-state index is 0.135. The van der Waals surface area contributed by atoms with Crippen molar-refractivity contribution in [3.8, 4) is 0 Å². The number of aliphatic hydroxyl groups excluding tert-OH is 1. The molecule has 0 saturated carbocycles. The van der Waals surface area contributed by atoms with Crippen molar-refractivity contribution in [2.75, 3.05) is 25.0 Å². The van der Waals surface area contributed by atoms with Crippen LogP contribution in [0.5, 0.6) is 0 Å². The lowest BCUT2D eigenvalue weighted by molar-refractivity contribution is 0.209. The zero-order valence-electron chi connectivity index (χ0n) is 9.70. The lowest BCUT2D eigenvalue weighted by Gasteiger charge is -2.17. The Balaban J connectivity index is 1.97. The van der Waals surface area contributed by atoms with E-state index in [4.69, 9.17) is 16.7 Å². The Morgan fingerprint density at radius 3 is 3.00 bits per heavy atom. The molecule has 2 rings (SSSR count). The van der Waals surface area contributed by atoms with Crippen molar-refractivity contribution in [3.63, 3.8) is 0 Å². The summed E-state index contributed by atoms with van der Waals surface area (Å²) in [7, 11) is 0. The molecule has 0 aromatic heterocycles. The van der Waals surface area contributed by atoms with E-state index in [0.717, 1.165) is 10.9 Å². The maximum atomic E-state index is 12.0. The molecule has 0 aliphatic carbocycles. The second kappa shape index (κ2) is 5.91. The van der Waals surface area contributed by atoms with E-state index in [1.165, 1.54) is 0 Å². The van der Waals surface area contributed by atoms with Crippen molar-refractivity contribution in [2.24, 2.45) is 5.92 Å². The zero-order chi connectivity index (χ0) is 13.1. The fourth-order valence-corrected chi connectivity index (χ4v) is 2.44. The molecule has 98 valence electrons. The summed E-state index contributed by atoms with van der Waals surface area (Å²) in [4.78, 5) is 13.7. The predicted molar refractivity (Wildman–Crippen MR) is 74.9 cm³/mol. The standard InChI is InChI=1S/C12H14BrClN2O2/c13-10-5-9(1-2-11(10)14)15-12(18)16-4-3-8(6-16)7-17/h1-2,5,8,17H,3-4,6-7H2,(H,15,18). The number of carbonyl (C=O) groups is 1. The second-order valence-electron chi connectivity index (χ2n) is 4.34. The van der Waals surface area contributed by atoms with Gasteiger partial charge in [-0.25, -0.2) is 4.79 Å². The van der Waals surface area contributed by atoms with Gasteiger partial charge >= 0.3 is 6.03 Å². The van der Waals surface area contributed by atoms with Gasteiger partial charge in [-0.1, -0.05) is 11.6 Å². The van der Waals surface area contributed by atoms with Crippen molar-refractivity contribution in [1.82, 2.24) is 4.90 Å². The fraction of sp³-hybridized carbons (Fsp3) is 0.417. The Morgan fingerprint density at radius 2 is 2.39 bits per heavy atom. The number of likely N-dealkylation sites (tertiary alicyclic amines) is 1. The third kappa shape index (κ3) is 3.16. The summed E-state index contributed by atoms with van der Waals surface area (Å²) >= 11 is 9.19. The molecule has 1 aromatic rings. The summed E-state index contributed by atoms with van der Waals surface area (Å²) in [5, 5.41) is 12.5. The van der Waals surface area contributed by atoms with Crippen molar-refractivity contribution in [3.05, 3.63) is 27.7 Å². The van der Waals surface area contributed by atoms with E-state index >= 15 is 0 Å². The van der Waals surface area contributed by atoms with E-state index in [1.54, 1.807) is 23.1 Å². The van der Waals surface area contributed by atoms with Crippen molar-refractivity contribution in [1.29, 1.82) is 0 Å². The number of anilines is 1. The molecule has 0 bridgehead atoms. The largest absolute Gasteiger partial charge is 0.396 e. The van der Waals surface area contributed by atoms with Crippen molar-refractivity contribution in [2.45, 2.75) is 6.42 Å². The number of aliphatic hydroxyl groups is 1. The molecule has 1 aliphatic rings. The van der Waals surface area contributed by atoms with Gasteiger partial charge in [-0.2, -0.15) is 0 Å². The molecule has 1 aromatic carbocycles. The Kier molecular flexibility index (Phi) is 4.48. The lowest BCUT2D eigenvalue weighted by Crippen LogP contribution is -2.33. The van der Waals surface area contributed by atoms with Crippen LogP contribution in [-0.2, 0) is 0 Å². The summed E-state index contributed by atoms with van der Waals surface area (Å²) in [6, 6.07) is 5.10. The van der Waals surface area contributed by atoms with Gasteiger partial charge in [0.15, 0.2) is 0 Å².